The molecule has 28 heavy (non-hydrogen) atoms. The van der Waals surface area contributed by atoms with Gasteiger partial charge in [-0.25, -0.2) is 4.79 Å². The minimum atomic E-state index is -0.943. The molecule has 0 unspecified atom stereocenters. The summed E-state index contributed by atoms with van der Waals surface area (Å²) in [5, 5.41) is 8.94. The number of hydrogen-bond acceptors (Lipinski definition) is 2. The molecule has 0 saturated carbocycles. The maximum absolute atomic E-state index is 10.9. The van der Waals surface area contributed by atoms with Gasteiger partial charge in [-0.1, -0.05) is 47.7 Å². The second-order valence-electron chi connectivity index (χ2n) is 6.30. The smallest absolute Gasteiger partial charge is 0.335 e. The molecule has 1 N–H and O–H groups in total. The van der Waals surface area contributed by atoms with Crippen LogP contribution in [0.4, 0.5) is 0 Å². The molecule has 138 valence electrons. The van der Waals surface area contributed by atoms with Crippen LogP contribution in [0.15, 0.2) is 72.8 Å². The van der Waals surface area contributed by atoms with E-state index in [4.69, 9.17) is 9.84 Å². The summed E-state index contributed by atoms with van der Waals surface area (Å²) in [4.78, 5) is 10.9. The van der Waals surface area contributed by atoms with E-state index in [1.807, 2.05) is 24.3 Å². The van der Waals surface area contributed by atoms with Gasteiger partial charge in [-0.3, -0.25) is 0 Å². The van der Waals surface area contributed by atoms with E-state index in [0.29, 0.717) is 0 Å². The number of carboxylic acid groups (broad SMARTS) is 1. The molecule has 0 spiro atoms. The van der Waals surface area contributed by atoms with Crippen LogP contribution in [0, 0.1) is 18.8 Å². The lowest BCUT2D eigenvalue weighted by molar-refractivity contribution is 0.0697. The Hall–Kier alpha value is -3.77. The van der Waals surface area contributed by atoms with E-state index < -0.39 is 5.97 Å². The SMILES string of the molecule is COc1ccc(-c2ccc(C)cc2)c(C=CC#Cc2ccc(C(=O)O)cc2)c1. The predicted octanol–water partition coefficient (Wildman–Crippen LogP) is 5.43. The number of carboxylic acids is 1. The molecule has 0 bridgehead atoms. The van der Waals surface area contributed by atoms with Gasteiger partial charge in [-0.2, -0.15) is 0 Å². The van der Waals surface area contributed by atoms with E-state index in [9.17, 15) is 4.79 Å². The second kappa shape index (κ2) is 8.75. The lowest BCUT2D eigenvalue weighted by Crippen LogP contribution is -1.94. The molecule has 0 amide bonds. The highest BCUT2D eigenvalue weighted by atomic mass is 16.5. The lowest BCUT2D eigenvalue weighted by atomic mass is 9.98. The van der Waals surface area contributed by atoms with Gasteiger partial charge in [0.25, 0.3) is 0 Å². The average molecular weight is 368 g/mol. The van der Waals surface area contributed by atoms with Crippen LogP contribution in [-0.2, 0) is 0 Å². The average Bonchev–Trinajstić information content (AvgIpc) is 2.72. The number of aromatic carboxylic acids is 1. The van der Waals surface area contributed by atoms with Crippen molar-refractivity contribution in [1.82, 2.24) is 0 Å². The van der Waals surface area contributed by atoms with Crippen molar-refractivity contribution in [2.45, 2.75) is 6.92 Å². The molecule has 3 heteroatoms. The largest absolute Gasteiger partial charge is 0.497 e. The number of ether oxygens (including phenoxy) is 1. The summed E-state index contributed by atoms with van der Waals surface area (Å²) in [7, 11) is 1.65. The molecule has 0 aliphatic rings. The van der Waals surface area contributed by atoms with Gasteiger partial charge in [0.05, 0.1) is 12.7 Å². The van der Waals surface area contributed by atoms with Crippen molar-refractivity contribution < 1.29 is 14.6 Å². The first-order valence-corrected chi connectivity index (χ1v) is 8.83. The van der Waals surface area contributed by atoms with Gasteiger partial charge in [0.1, 0.15) is 5.75 Å². The summed E-state index contributed by atoms with van der Waals surface area (Å²) in [5.74, 6) is 5.86. The molecule has 3 aromatic rings. The van der Waals surface area contributed by atoms with Gasteiger partial charge in [0.15, 0.2) is 0 Å². The van der Waals surface area contributed by atoms with Gasteiger partial charge < -0.3 is 9.84 Å². The monoisotopic (exact) mass is 368 g/mol. The van der Waals surface area contributed by atoms with Crippen LogP contribution in [0.2, 0.25) is 0 Å². The highest BCUT2D eigenvalue weighted by Gasteiger charge is 2.05. The van der Waals surface area contributed by atoms with Crippen molar-refractivity contribution in [3.05, 3.63) is 95.1 Å². The summed E-state index contributed by atoms with van der Waals surface area (Å²) in [6, 6.07) is 20.9. The minimum Gasteiger partial charge on any atom is -0.497 e. The van der Waals surface area contributed by atoms with Crippen molar-refractivity contribution in [2.75, 3.05) is 7.11 Å². The Morgan fingerprint density at radius 2 is 1.71 bits per heavy atom. The fourth-order valence-electron chi connectivity index (χ4n) is 2.75. The number of benzene rings is 3. The third-order valence-electron chi connectivity index (χ3n) is 4.32. The molecule has 0 heterocycles. The fraction of sp³-hybridized carbons (Fsp3) is 0.0800. The highest BCUT2D eigenvalue weighted by molar-refractivity contribution is 5.87. The first kappa shape index (κ1) is 19.0. The van der Waals surface area contributed by atoms with Crippen molar-refractivity contribution in [2.24, 2.45) is 0 Å². The third-order valence-corrected chi connectivity index (χ3v) is 4.32. The van der Waals surface area contributed by atoms with Crippen LogP contribution < -0.4 is 4.74 Å². The van der Waals surface area contributed by atoms with Crippen LogP contribution in [0.3, 0.4) is 0 Å². The van der Waals surface area contributed by atoms with Crippen molar-refractivity contribution in [3.63, 3.8) is 0 Å². The van der Waals surface area contributed by atoms with Crippen molar-refractivity contribution >= 4 is 12.0 Å². The maximum Gasteiger partial charge on any atom is 0.335 e. The number of allylic oxidation sites excluding steroid dienone is 1. The Bertz CT molecular complexity index is 1060. The molecule has 0 saturated heterocycles. The van der Waals surface area contributed by atoms with Gasteiger partial charge in [0, 0.05) is 5.56 Å². The van der Waals surface area contributed by atoms with Gasteiger partial charge in [-0.15, -0.1) is 0 Å². The molecule has 0 aliphatic carbocycles. The predicted molar refractivity (Wildman–Crippen MR) is 112 cm³/mol. The van der Waals surface area contributed by atoms with E-state index >= 15 is 0 Å². The lowest BCUT2D eigenvalue weighted by Gasteiger charge is -2.09. The first-order chi connectivity index (χ1) is 13.6. The normalized spacial score (nSPS) is 10.4. The van der Waals surface area contributed by atoms with Crippen molar-refractivity contribution in [1.29, 1.82) is 0 Å². The number of aryl methyl sites for hydroxylation is 1. The Kier molecular flexibility index (Phi) is 5.94. The molecule has 0 aromatic heterocycles. The third kappa shape index (κ3) is 4.69. The number of rotatable bonds is 4. The summed E-state index contributed by atoms with van der Waals surface area (Å²) < 4.78 is 5.35. The van der Waals surface area contributed by atoms with E-state index in [2.05, 4.69) is 43.0 Å². The Labute approximate surface area is 164 Å². The molecular formula is C25H20O3. The fourth-order valence-corrected chi connectivity index (χ4v) is 2.75. The molecule has 0 aliphatic heterocycles. The molecule has 0 atom stereocenters. The molecular weight excluding hydrogens is 348 g/mol. The van der Waals surface area contributed by atoms with Crippen LogP contribution in [0.1, 0.15) is 27.0 Å². The zero-order valence-corrected chi connectivity index (χ0v) is 15.8. The van der Waals surface area contributed by atoms with E-state index in [0.717, 1.165) is 28.0 Å². The Morgan fingerprint density at radius 1 is 1.00 bits per heavy atom. The van der Waals surface area contributed by atoms with E-state index in [1.165, 1.54) is 5.56 Å². The van der Waals surface area contributed by atoms with Gasteiger partial charge >= 0.3 is 5.97 Å². The van der Waals surface area contributed by atoms with Crippen LogP contribution in [-0.4, -0.2) is 18.2 Å². The topological polar surface area (TPSA) is 46.5 Å². The summed E-state index contributed by atoms with van der Waals surface area (Å²) in [5.41, 5.74) is 5.47. The minimum absolute atomic E-state index is 0.250. The zero-order chi connectivity index (χ0) is 19.9. The number of methoxy groups -OCH3 is 1. The summed E-state index contributed by atoms with van der Waals surface area (Å²) >= 11 is 0. The molecule has 3 aromatic carbocycles. The highest BCUT2D eigenvalue weighted by Crippen LogP contribution is 2.28. The Balaban J connectivity index is 1.86. The van der Waals surface area contributed by atoms with E-state index in [1.54, 1.807) is 37.5 Å². The Morgan fingerprint density at radius 3 is 2.36 bits per heavy atom. The van der Waals surface area contributed by atoms with Crippen LogP contribution in [0.25, 0.3) is 17.2 Å². The second-order valence-corrected chi connectivity index (χ2v) is 6.30. The number of carbonyl (C=O) groups is 1. The first-order valence-electron chi connectivity index (χ1n) is 8.83. The van der Waals surface area contributed by atoms with Crippen LogP contribution >= 0.6 is 0 Å². The summed E-state index contributed by atoms with van der Waals surface area (Å²) in [6.45, 7) is 2.07. The molecule has 3 rings (SSSR count). The quantitative estimate of drug-likeness (QED) is 0.624. The standard InChI is InChI=1S/C25H20O3/c1-18-7-11-20(12-8-18)24-16-15-23(28-2)17-22(24)6-4-3-5-19-9-13-21(14-10-19)25(26)27/h4,6-17H,1-2H3,(H,26,27). The van der Waals surface area contributed by atoms with Gasteiger partial charge in [0.2, 0.25) is 0 Å². The molecule has 0 radical (unpaired) electrons. The molecule has 0 fully saturated rings. The maximum atomic E-state index is 10.9. The van der Waals surface area contributed by atoms with Gasteiger partial charge in [-0.05, 0) is 72.2 Å². The van der Waals surface area contributed by atoms with Crippen LogP contribution in [0.5, 0.6) is 5.75 Å². The molecule has 3 nitrogen and oxygen atoms in total. The van der Waals surface area contributed by atoms with E-state index in [-0.39, 0.29) is 5.56 Å². The van der Waals surface area contributed by atoms with Crippen molar-refractivity contribution in [3.8, 4) is 28.7 Å². The number of hydrogen-bond donors (Lipinski definition) is 1. The zero-order valence-electron chi connectivity index (χ0n) is 15.8. The summed E-state index contributed by atoms with van der Waals surface area (Å²) in [6.07, 6.45) is 3.74.